The summed E-state index contributed by atoms with van der Waals surface area (Å²) >= 11 is 0. The molecule has 1 amide bonds. The Kier molecular flexibility index (Phi) is 6.46. The molecule has 21 heavy (non-hydrogen) atoms. The van der Waals surface area contributed by atoms with Crippen LogP contribution in [0.5, 0.6) is 5.75 Å². The molecular formula is C16H21NO4. The van der Waals surface area contributed by atoms with Crippen molar-refractivity contribution in [2.24, 2.45) is 0 Å². The molecule has 0 aromatic heterocycles. The molecule has 0 radical (unpaired) electrons. The van der Waals surface area contributed by atoms with E-state index in [1.165, 1.54) is 13.2 Å². The van der Waals surface area contributed by atoms with E-state index in [1.54, 1.807) is 23.1 Å². The zero-order valence-corrected chi connectivity index (χ0v) is 12.7. The van der Waals surface area contributed by atoms with Crippen LogP contribution in [0.2, 0.25) is 0 Å². The number of hydrogen-bond donors (Lipinski definition) is 0. The number of likely N-dealkylation sites (N-methyl/N-ethyl adjacent to an activating group) is 1. The van der Waals surface area contributed by atoms with Crippen LogP contribution in [0.25, 0.3) is 0 Å². The van der Waals surface area contributed by atoms with Crippen LogP contribution in [0.4, 0.5) is 0 Å². The number of rotatable bonds is 7. The summed E-state index contributed by atoms with van der Waals surface area (Å²) < 4.78 is 10.1. The molecule has 0 aliphatic rings. The Morgan fingerprint density at radius 3 is 2.43 bits per heavy atom. The average Bonchev–Trinajstić information content (AvgIpc) is 2.51. The van der Waals surface area contributed by atoms with Crippen molar-refractivity contribution in [3.63, 3.8) is 0 Å². The summed E-state index contributed by atoms with van der Waals surface area (Å²) in [6, 6.07) is 4.71. The largest absolute Gasteiger partial charge is 0.494 e. The quantitative estimate of drug-likeness (QED) is 0.572. The Balaban J connectivity index is 3.20. The van der Waals surface area contributed by atoms with E-state index in [-0.39, 0.29) is 5.91 Å². The molecule has 0 bridgehead atoms. The van der Waals surface area contributed by atoms with Gasteiger partial charge in [-0.15, -0.1) is 6.58 Å². The minimum absolute atomic E-state index is 0.177. The van der Waals surface area contributed by atoms with Crippen LogP contribution in [0.15, 0.2) is 30.9 Å². The maximum Gasteiger partial charge on any atom is 0.338 e. The Morgan fingerprint density at radius 2 is 1.90 bits per heavy atom. The lowest BCUT2D eigenvalue weighted by Crippen LogP contribution is -2.31. The van der Waals surface area contributed by atoms with Gasteiger partial charge in [0.15, 0.2) is 0 Å². The molecule has 114 valence electrons. The highest BCUT2D eigenvalue weighted by atomic mass is 16.5. The first-order valence-corrected chi connectivity index (χ1v) is 6.83. The van der Waals surface area contributed by atoms with Crippen molar-refractivity contribution in [1.82, 2.24) is 4.90 Å². The smallest absolute Gasteiger partial charge is 0.338 e. The molecule has 0 aliphatic carbocycles. The number of esters is 1. The second kappa shape index (κ2) is 8.09. The van der Waals surface area contributed by atoms with E-state index in [9.17, 15) is 9.59 Å². The molecular weight excluding hydrogens is 270 g/mol. The monoisotopic (exact) mass is 291 g/mol. The van der Waals surface area contributed by atoms with E-state index < -0.39 is 5.97 Å². The lowest BCUT2D eigenvalue weighted by molar-refractivity contribution is 0.0600. The van der Waals surface area contributed by atoms with Crippen molar-refractivity contribution < 1.29 is 19.1 Å². The number of carbonyl (C=O) groups is 2. The van der Waals surface area contributed by atoms with Crippen LogP contribution < -0.4 is 4.74 Å². The van der Waals surface area contributed by atoms with Gasteiger partial charge < -0.3 is 14.4 Å². The van der Waals surface area contributed by atoms with E-state index in [4.69, 9.17) is 9.47 Å². The molecule has 0 atom stereocenters. The van der Waals surface area contributed by atoms with Crippen LogP contribution in [-0.2, 0) is 4.74 Å². The maximum atomic E-state index is 12.5. The van der Waals surface area contributed by atoms with Gasteiger partial charge in [0.25, 0.3) is 5.91 Å². The van der Waals surface area contributed by atoms with Gasteiger partial charge in [0.05, 0.1) is 19.3 Å². The van der Waals surface area contributed by atoms with Crippen molar-refractivity contribution in [3.8, 4) is 5.75 Å². The van der Waals surface area contributed by atoms with Gasteiger partial charge in [-0.1, -0.05) is 6.08 Å². The molecule has 0 spiro atoms. The van der Waals surface area contributed by atoms with Gasteiger partial charge in [0.2, 0.25) is 0 Å². The summed E-state index contributed by atoms with van der Waals surface area (Å²) in [5.74, 6) is -0.208. The van der Waals surface area contributed by atoms with Crippen molar-refractivity contribution in [3.05, 3.63) is 42.0 Å². The Hall–Kier alpha value is -2.30. The molecule has 1 aromatic carbocycles. The van der Waals surface area contributed by atoms with Gasteiger partial charge in [0, 0.05) is 18.7 Å². The molecule has 1 rings (SSSR count). The summed E-state index contributed by atoms with van der Waals surface area (Å²) in [6.07, 6.45) is 1.66. The molecule has 0 N–H and O–H groups in total. The molecule has 5 heteroatoms. The Morgan fingerprint density at radius 1 is 1.24 bits per heavy atom. The lowest BCUT2D eigenvalue weighted by atomic mass is 10.1. The highest BCUT2D eigenvalue weighted by molar-refractivity contribution is 5.98. The first-order chi connectivity index (χ1) is 10.1. The fourth-order valence-corrected chi connectivity index (χ4v) is 1.90. The number of carbonyl (C=O) groups excluding carboxylic acids is 2. The first-order valence-electron chi connectivity index (χ1n) is 6.83. The van der Waals surface area contributed by atoms with Crippen LogP contribution in [-0.4, -0.2) is 43.6 Å². The van der Waals surface area contributed by atoms with Crippen molar-refractivity contribution in [1.29, 1.82) is 0 Å². The second-order valence-electron chi connectivity index (χ2n) is 4.30. The third kappa shape index (κ3) is 4.34. The molecule has 1 aromatic rings. The van der Waals surface area contributed by atoms with Crippen molar-refractivity contribution in [2.75, 3.05) is 26.8 Å². The van der Waals surface area contributed by atoms with E-state index >= 15 is 0 Å². The molecule has 0 heterocycles. The first kappa shape index (κ1) is 16.8. The van der Waals surface area contributed by atoms with Gasteiger partial charge in [-0.2, -0.15) is 0 Å². The predicted octanol–water partition coefficient (Wildman–Crippen LogP) is 2.52. The molecule has 0 saturated heterocycles. The lowest BCUT2D eigenvalue weighted by Gasteiger charge is -2.19. The highest BCUT2D eigenvalue weighted by Gasteiger charge is 2.17. The summed E-state index contributed by atoms with van der Waals surface area (Å²) in [4.78, 5) is 25.8. The topological polar surface area (TPSA) is 55.8 Å². The predicted molar refractivity (Wildman–Crippen MR) is 80.7 cm³/mol. The normalized spacial score (nSPS) is 9.86. The minimum Gasteiger partial charge on any atom is -0.494 e. The molecule has 0 unspecified atom stereocenters. The zero-order valence-electron chi connectivity index (χ0n) is 12.7. The minimum atomic E-state index is -0.502. The number of nitrogens with zero attached hydrogens (tertiary/aromatic N) is 1. The van der Waals surface area contributed by atoms with E-state index in [1.807, 2.05) is 13.8 Å². The highest BCUT2D eigenvalue weighted by Crippen LogP contribution is 2.19. The Labute approximate surface area is 125 Å². The second-order valence-corrected chi connectivity index (χ2v) is 4.30. The summed E-state index contributed by atoms with van der Waals surface area (Å²) in [6.45, 7) is 8.80. The SMILES string of the molecule is C=CCN(CC)C(=O)c1cc(OCC)cc(C(=O)OC)c1. The standard InChI is InChI=1S/C16H21NO4/c1-5-8-17(6-2)15(18)12-9-13(16(19)20-4)11-14(10-12)21-7-3/h5,9-11H,1,6-8H2,2-4H3. The average molecular weight is 291 g/mol. The van der Waals surface area contributed by atoms with Crippen LogP contribution in [0, 0.1) is 0 Å². The molecule has 0 fully saturated rings. The summed E-state index contributed by atoms with van der Waals surface area (Å²) in [5, 5.41) is 0. The third-order valence-corrected chi connectivity index (χ3v) is 2.90. The fourth-order valence-electron chi connectivity index (χ4n) is 1.90. The number of ether oxygens (including phenoxy) is 2. The Bertz CT molecular complexity index is 525. The van der Waals surface area contributed by atoms with E-state index in [0.29, 0.717) is 36.6 Å². The number of benzene rings is 1. The van der Waals surface area contributed by atoms with E-state index in [2.05, 4.69) is 6.58 Å². The van der Waals surface area contributed by atoms with Crippen LogP contribution >= 0.6 is 0 Å². The zero-order chi connectivity index (χ0) is 15.8. The summed E-state index contributed by atoms with van der Waals surface area (Å²) in [7, 11) is 1.30. The molecule has 0 saturated carbocycles. The number of hydrogen-bond acceptors (Lipinski definition) is 4. The van der Waals surface area contributed by atoms with Crippen molar-refractivity contribution >= 4 is 11.9 Å². The molecule has 5 nitrogen and oxygen atoms in total. The van der Waals surface area contributed by atoms with Gasteiger partial charge in [0.1, 0.15) is 5.75 Å². The van der Waals surface area contributed by atoms with Crippen LogP contribution in [0.1, 0.15) is 34.6 Å². The number of methoxy groups -OCH3 is 1. The fraction of sp³-hybridized carbons (Fsp3) is 0.375. The van der Waals surface area contributed by atoms with E-state index in [0.717, 1.165) is 0 Å². The number of amides is 1. The molecule has 0 aliphatic heterocycles. The van der Waals surface area contributed by atoms with Gasteiger partial charge in [-0.3, -0.25) is 4.79 Å². The third-order valence-electron chi connectivity index (χ3n) is 2.90. The maximum absolute atomic E-state index is 12.5. The summed E-state index contributed by atoms with van der Waals surface area (Å²) in [5.41, 5.74) is 0.687. The van der Waals surface area contributed by atoms with Gasteiger partial charge >= 0.3 is 5.97 Å². The van der Waals surface area contributed by atoms with Gasteiger partial charge in [-0.25, -0.2) is 4.79 Å². The van der Waals surface area contributed by atoms with Gasteiger partial charge in [-0.05, 0) is 32.0 Å². The van der Waals surface area contributed by atoms with Crippen molar-refractivity contribution in [2.45, 2.75) is 13.8 Å². The van der Waals surface area contributed by atoms with Crippen LogP contribution in [0.3, 0.4) is 0 Å².